The second-order valence-corrected chi connectivity index (χ2v) is 4.93. The van der Waals surface area contributed by atoms with Crippen molar-refractivity contribution in [2.45, 2.75) is 19.9 Å². The SMILES string of the molecule is COCCN1CCN(C(=O)[C@@H](N)C(C)C)CC1. The molecule has 100 valence electrons. The first kappa shape index (κ1) is 14.4. The average Bonchev–Trinajstić information content (AvgIpc) is 2.35. The van der Waals surface area contributed by atoms with Crippen LogP contribution in [0.2, 0.25) is 0 Å². The van der Waals surface area contributed by atoms with Crippen LogP contribution < -0.4 is 5.73 Å². The Labute approximate surface area is 104 Å². The molecule has 17 heavy (non-hydrogen) atoms. The lowest BCUT2D eigenvalue weighted by molar-refractivity contribution is -0.135. The van der Waals surface area contributed by atoms with Gasteiger partial charge in [0, 0.05) is 39.8 Å². The molecule has 0 radical (unpaired) electrons. The third-order valence-electron chi connectivity index (χ3n) is 3.30. The highest BCUT2D eigenvalue weighted by molar-refractivity contribution is 5.82. The number of hydrogen-bond acceptors (Lipinski definition) is 4. The molecule has 5 heteroatoms. The maximum atomic E-state index is 12.0. The normalized spacial score (nSPS) is 19.7. The molecule has 1 aliphatic heterocycles. The first-order valence-corrected chi connectivity index (χ1v) is 6.32. The lowest BCUT2D eigenvalue weighted by Crippen LogP contribution is -2.54. The summed E-state index contributed by atoms with van der Waals surface area (Å²) in [6.45, 7) is 9.05. The first-order chi connectivity index (χ1) is 8.06. The van der Waals surface area contributed by atoms with E-state index in [0.29, 0.717) is 0 Å². The van der Waals surface area contributed by atoms with Crippen LogP contribution in [0.15, 0.2) is 0 Å². The highest BCUT2D eigenvalue weighted by Gasteiger charge is 2.26. The molecule has 0 unspecified atom stereocenters. The summed E-state index contributed by atoms with van der Waals surface area (Å²) in [7, 11) is 1.71. The molecule has 1 atom stereocenters. The van der Waals surface area contributed by atoms with Gasteiger partial charge in [0.25, 0.3) is 0 Å². The Morgan fingerprint density at radius 2 is 1.88 bits per heavy atom. The summed E-state index contributed by atoms with van der Waals surface area (Å²) in [5.74, 6) is 0.292. The van der Waals surface area contributed by atoms with E-state index in [0.717, 1.165) is 39.3 Å². The van der Waals surface area contributed by atoms with Gasteiger partial charge in [0.15, 0.2) is 0 Å². The van der Waals surface area contributed by atoms with Crippen molar-refractivity contribution in [2.75, 3.05) is 46.4 Å². The number of hydrogen-bond donors (Lipinski definition) is 1. The molecule has 0 aromatic carbocycles. The summed E-state index contributed by atoms with van der Waals surface area (Å²) in [5, 5.41) is 0. The number of rotatable bonds is 5. The van der Waals surface area contributed by atoms with Crippen molar-refractivity contribution in [3.8, 4) is 0 Å². The van der Waals surface area contributed by atoms with Crippen LogP contribution in [0, 0.1) is 5.92 Å². The van der Waals surface area contributed by atoms with Crippen LogP contribution in [0.3, 0.4) is 0 Å². The zero-order valence-electron chi connectivity index (χ0n) is 11.2. The van der Waals surface area contributed by atoms with E-state index in [9.17, 15) is 4.79 Å². The largest absolute Gasteiger partial charge is 0.383 e. The first-order valence-electron chi connectivity index (χ1n) is 6.32. The molecule has 0 aromatic heterocycles. The molecule has 1 fully saturated rings. The summed E-state index contributed by atoms with van der Waals surface area (Å²) in [6, 6.07) is -0.361. The van der Waals surface area contributed by atoms with Gasteiger partial charge in [-0.15, -0.1) is 0 Å². The fourth-order valence-corrected chi connectivity index (χ4v) is 1.91. The third kappa shape index (κ3) is 4.26. The quantitative estimate of drug-likeness (QED) is 0.724. The lowest BCUT2D eigenvalue weighted by Gasteiger charge is -2.36. The number of nitrogens with two attached hydrogens (primary N) is 1. The molecular weight excluding hydrogens is 218 g/mol. The van der Waals surface area contributed by atoms with Crippen LogP contribution in [0.25, 0.3) is 0 Å². The van der Waals surface area contributed by atoms with E-state index in [1.165, 1.54) is 0 Å². The topological polar surface area (TPSA) is 58.8 Å². The molecule has 1 heterocycles. The molecule has 1 aliphatic rings. The predicted molar refractivity (Wildman–Crippen MR) is 67.7 cm³/mol. The highest BCUT2D eigenvalue weighted by Crippen LogP contribution is 2.07. The highest BCUT2D eigenvalue weighted by atomic mass is 16.5. The molecular formula is C12H25N3O2. The van der Waals surface area contributed by atoms with Crippen molar-refractivity contribution in [1.29, 1.82) is 0 Å². The van der Waals surface area contributed by atoms with Crippen molar-refractivity contribution in [2.24, 2.45) is 11.7 Å². The molecule has 0 aromatic rings. The van der Waals surface area contributed by atoms with E-state index in [2.05, 4.69) is 4.90 Å². The second-order valence-electron chi connectivity index (χ2n) is 4.93. The van der Waals surface area contributed by atoms with Crippen LogP contribution in [0.4, 0.5) is 0 Å². The van der Waals surface area contributed by atoms with Crippen LogP contribution in [0.1, 0.15) is 13.8 Å². The van der Waals surface area contributed by atoms with E-state index in [4.69, 9.17) is 10.5 Å². The smallest absolute Gasteiger partial charge is 0.239 e. The minimum Gasteiger partial charge on any atom is -0.383 e. The summed E-state index contributed by atoms with van der Waals surface area (Å²) in [6.07, 6.45) is 0. The van der Waals surface area contributed by atoms with Crippen molar-refractivity contribution < 1.29 is 9.53 Å². The monoisotopic (exact) mass is 243 g/mol. The minimum absolute atomic E-state index is 0.0893. The van der Waals surface area contributed by atoms with Gasteiger partial charge in [-0.1, -0.05) is 13.8 Å². The standard InChI is InChI=1S/C12H25N3O2/c1-10(2)11(13)12(16)15-6-4-14(5-7-15)8-9-17-3/h10-11H,4-9,13H2,1-3H3/t11-/m0/s1. The van der Waals surface area contributed by atoms with Crippen LogP contribution in [-0.2, 0) is 9.53 Å². The average molecular weight is 243 g/mol. The summed E-state index contributed by atoms with van der Waals surface area (Å²) in [4.78, 5) is 16.2. The van der Waals surface area contributed by atoms with Gasteiger partial charge in [-0.2, -0.15) is 0 Å². The van der Waals surface area contributed by atoms with Gasteiger partial charge in [0.05, 0.1) is 12.6 Å². The second kappa shape index (κ2) is 6.93. The lowest BCUT2D eigenvalue weighted by atomic mass is 10.0. The van der Waals surface area contributed by atoms with Crippen LogP contribution >= 0.6 is 0 Å². The van der Waals surface area contributed by atoms with Crippen molar-refractivity contribution >= 4 is 5.91 Å². The van der Waals surface area contributed by atoms with Crippen molar-refractivity contribution in [1.82, 2.24) is 9.80 Å². The number of piperazine rings is 1. The Hall–Kier alpha value is -0.650. The van der Waals surface area contributed by atoms with Gasteiger partial charge >= 0.3 is 0 Å². The molecule has 5 nitrogen and oxygen atoms in total. The van der Waals surface area contributed by atoms with Crippen molar-refractivity contribution in [3.63, 3.8) is 0 Å². The third-order valence-corrected chi connectivity index (χ3v) is 3.30. The number of amides is 1. The summed E-state index contributed by atoms with van der Waals surface area (Å²) in [5.41, 5.74) is 5.88. The van der Waals surface area contributed by atoms with E-state index < -0.39 is 0 Å². The van der Waals surface area contributed by atoms with E-state index in [1.54, 1.807) is 7.11 Å². The van der Waals surface area contributed by atoms with Gasteiger partial charge in [-0.05, 0) is 5.92 Å². The Bertz CT molecular complexity index is 238. The molecule has 1 saturated heterocycles. The maximum Gasteiger partial charge on any atom is 0.239 e. The Morgan fingerprint density at radius 3 is 2.35 bits per heavy atom. The number of carbonyl (C=O) groups excluding carboxylic acids is 1. The maximum absolute atomic E-state index is 12.0. The zero-order chi connectivity index (χ0) is 12.8. The molecule has 0 spiro atoms. The van der Waals surface area contributed by atoms with Crippen LogP contribution in [0.5, 0.6) is 0 Å². The Morgan fingerprint density at radius 1 is 1.29 bits per heavy atom. The summed E-state index contributed by atoms with van der Waals surface area (Å²) >= 11 is 0. The number of methoxy groups -OCH3 is 1. The molecule has 2 N–H and O–H groups in total. The zero-order valence-corrected chi connectivity index (χ0v) is 11.2. The Kier molecular flexibility index (Phi) is 5.88. The van der Waals surface area contributed by atoms with Crippen LogP contribution in [-0.4, -0.2) is 68.2 Å². The van der Waals surface area contributed by atoms with E-state index in [1.807, 2.05) is 18.7 Å². The number of ether oxygens (including phenoxy) is 1. The van der Waals surface area contributed by atoms with Gasteiger partial charge in [0.2, 0.25) is 5.91 Å². The summed E-state index contributed by atoms with van der Waals surface area (Å²) < 4.78 is 5.05. The molecule has 1 rings (SSSR count). The van der Waals surface area contributed by atoms with Gasteiger partial charge in [-0.25, -0.2) is 0 Å². The minimum atomic E-state index is -0.361. The van der Waals surface area contributed by atoms with Gasteiger partial charge in [0.1, 0.15) is 0 Å². The predicted octanol–water partition coefficient (Wildman–Crippen LogP) is -0.240. The van der Waals surface area contributed by atoms with Crippen molar-refractivity contribution in [3.05, 3.63) is 0 Å². The molecule has 0 saturated carbocycles. The van der Waals surface area contributed by atoms with E-state index in [-0.39, 0.29) is 17.9 Å². The fourth-order valence-electron chi connectivity index (χ4n) is 1.91. The molecule has 0 aliphatic carbocycles. The van der Waals surface area contributed by atoms with Gasteiger partial charge in [-0.3, -0.25) is 9.69 Å². The van der Waals surface area contributed by atoms with Gasteiger partial charge < -0.3 is 15.4 Å². The molecule has 0 bridgehead atoms. The molecule has 1 amide bonds. The fraction of sp³-hybridized carbons (Fsp3) is 0.917. The Balaban J connectivity index is 2.33. The number of nitrogens with zero attached hydrogens (tertiary/aromatic N) is 2. The number of carbonyl (C=O) groups is 1. The van der Waals surface area contributed by atoms with E-state index >= 15 is 0 Å².